The van der Waals surface area contributed by atoms with Crippen molar-refractivity contribution in [2.24, 2.45) is 11.7 Å². The maximum atomic E-state index is 12.8. The number of halogens is 3. The van der Waals surface area contributed by atoms with Crippen molar-refractivity contribution in [3.63, 3.8) is 0 Å². The van der Waals surface area contributed by atoms with Gasteiger partial charge in [0.15, 0.2) is 0 Å². The van der Waals surface area contributed by atoms with Gasteiger partial charge in [-0.1, -0.05) is 0 Å². The molecule has 1 fully saturated rings. The van der Waals surface area contributed by atoms with Crippen LogP contribution in [0.15, 0.2) is 0 Å². The highest BCUT2D eigenvalue weighted by Gasteiger charge is 2.43. The van der Waals surface area contributed by atoms with Gasteiger partial charge in [0.05, 0.1) is 13.0 Å². The first kappa shape index (κ1) is 17.2. The molecule has 3 unspecified atom stereocenters. The van der Waals surface area contributed by atoms with Crippen molar-refractivity contribution in [2.75, 3.05) is 20.2 Å². The monoisotopic (exact) mass is 296 g/mol. The molecular formula is C13H23F3N2O2. The number of rotatable bonds is 4. The van der Waals surface area contributed by atoms with Crippen molar-refractivity contribution in [1.29, 1.82) is 0 Å². The van der Waals surface area contributed by atoms with E-state index >= 15 is 0 Å². The van der Waals surface area contributed by atoms with Gasteiger partial charge in [-0.25, -0.2) is 0 Å². The molecule has 118 valence electrons. The Morgan fingerprint density at radius 2 is 2.10 bits per heavy atom. The lowest BCUT2D eigenvalue weighted by molar-refractivity contribution is -0.188. The molecule has 1 aliphatic rings. The van der Waals surface area contributed by atoms with Crippen LogP contribution in [0, 0.1) is 5.92 Å². The van der Waals surface area contributed by atoms with E-state index in [1.54, 1.807) is 18.7 Å². The number of nitrogens with two attached hydrogens (primary N) is 1. The first-order valence-corrected chi connectivity index (χ1v) is 6.76. The van der Waals surface area contributed by atoms with Crippen molar-refractivity contribution in [2.45, 2.75) is 50.9 Å². The second-order valence-corrected chi connectivity index (χ2v) is 5.84. The van der Waals surface area contributed by atoms with Gasteiger partial charge >= 0.3 is 12.1 Å². The predicted octanol–water partition coefficient (Wildman–Crippen LogP) is 1.93. The molecule has 0 spiro atoms. The summed E-state index contributed by atoms with van der Waals surface area (Å²) in [4.78, 5) is 13.3. The second kappa shape index (κ2) is 6.30. The van der Waals surface area contributed by atoms with Crippen LogP contribution in [0.2, 0.25) is 0 Å². The number of nitrogens with zero attached hydrogens (tertiary/aromatic N) is 1. The zero-order valence-corrected chi connectivity index (χ0v) is 12.2. The third-order valence-corrected chi connectivity index (χ3v) is 3.91. The van der Waals surface area contributed by atoms with Crippen LogP contribution in [0.5, 0.6) is 0 Å². The molecule has 0 aliphatic carbocycles. The highest BCUT2D eigenvalue weighted by Crippen LogP contribution is 2.34. The van der Waals surface area contributed by atoms with Crippen LogP contribution in [-0.2, 0) is 9.53 Å². The molecule has 20 heavy (non-hydrogen) atoms. The van der Waals surface area contributed by atoms with E-state index in [4.69, 9.17) is 5.73 Å². The molecule has 1 saturated heterocycles. The first-order chi connectivity index (χ1) is 9.08. The van der Waals surface area contributed by atoms with Crippen LogP contribution in [0.4, 0.5) is 13.2 Å². The minimum atomic E-state index is -4.16. The lowest BCUT2D eigenvalue weighted by Crippen LogP contribution is -2.53. The normalized spacial score (nSPS) is 25.9. The molecule has 0 bridgehead atoms. The number of alkyl halides is 3. The van der Waals surface area contributed by atoms with E-state index in [9.17, 15) is 18.0 Å². The summed E-state index contributed by atoms with van der Waals surface area (Å²) < 4.78 is 42.9. The molecule has 2 N–H and O–H groups in total. The van der Waals surface area contributed by atoms with Crippen LogP contribution in [-0.4, -0.2) is 48.8 Å². The summed E-state index contributed by atoms with van der Waals surface area (Å²) in [6.07, 6.45) is -3.21. The molecule has 0 aromatic carbocycles. The van der Waals surface area contributed by atoms with E-state index in [1.807, 2.05) is 0 Å². The molecule has 0 saturated carbocycles. The molecule has 0 aromatic rings. The number of esters is 1. The fraction of sp³-hybridized carbons (Fsp3) is 0.923. The number of methoxy groups -OCH3 is 1. The van der Waals surface area contributed by atoms with Gasteiger partial charge in [0, 0.05) is 12.6 Å². The molecule has 1 aliphatic heterocycles. The SMILES string of the molecule is COC(=O)C(C)(N)CC(C)N1CCCC(C(F)(F)F)C1. The van der Waals surface area contributed by atoms with Gasteiger partial charge in [0.25, 0.3) is 0 Å². The van der Waals surface area contributed by atoms with Crippen LogP contribution in [0.25, 0.3) is 0 Å². The molecule has 7 heteroatoms. The summed E-state index contributed by atoms with van der Waals surface area (Å²) >= 11 is 0. The summed E-state index contributed by atoms with van der Waals surface area (Å²) in [5.41, 5.74) is 4.69. The molecule has 0 aromatic heterocycles. The smallest absolute Gasteiger partial charge is 0.393 e. The van der Waals surface area contributed by atoms with Crippen LogP contribution < -0.4 is 5.73 Å². The Kier molecular flexibility index (Phi) is 5.43. The Labute approximate surface area is 117 Å². The molecule has 0 amide bonds. The summed E-state index contributed by atoms with van der Waals surface area (Å²) in [6, 6.07) is -0.200. The number of hydrogen-bond acceptors (Lipinski definition) is 4. The van der Waals surface area contributed by atoms with Crippen molar-refractivity contribution in [3.05, 3.63) is 0 Å². The van der Waals surface area contributed by atoms with E-state index in [0.29, 0.717) is 13.0 Å². The zero-order valence-electron chi connectivity index (χ0n) is 12.2. The number of carbonyl (C=O) groups is 1. The maximum Gasteiger partial charge on any atom is 0.393 e. The van der Waals surface area contributed by atoms with Gasteiger partial charge in [-0.3, -0.25) is 9.69 Å². The first-order valence-electron chi connectivity index (χ1n) is 6.76. The lowest BCUT2D eigenvalue weighted by atomic mass is 9.91. The van der Waals surface area contributed by atoms with Crippen molar-refractivity contribution in [3.8, 4) is 0 Å². The summed E-state index contributed by atoms with van der Waals surface area (Å²) in [5, 5.41) is 0. The fourth-order valence-corrected chi connectivity index (χ4v) is 2.73. The predicted molar refractivity (Wildman–Crippen MR) is 69.0 cm³/mol. The minimum Gasteiger partial charge on any atom is -0.468 e. The van der Waals surface area contributed by atoms with E-state index in [2.05, 4.69) is 4.74 Å². The number of carbonyl (C=O) groups excluding carboxylic acids is 1. The molecule has 0 radical (unpaired) electrons. The maximum absolute atomic E-state index is 12.8. The Morgan fingerprint density at radius 3 is 2.60 bits per heavy atom. The minimum absolute atomic E-state index is 0.0259. The Morgan fingerprint density at radius 1 is 1.50 bits per heavy atom. The fourth-order valence-electron chi connectivity index (χ4n) is 2.73. The topological polar surface area (TPSA) is 55.6 Å². The summed E-state index contributed by atoms with van der Waals surface area (Å²) in [6.45, 7) is 3.92. The van der Waals surface area contributed by atoms with Crippen molar-refractivity contribution < 1.29 is 22.7 Å². The average Bonchev–Trinajstić information content (AvgIpc) is 2.36. The van der Waals surface area contributed by atoms with Gasteiger partial charge in [0.1, 0.15) is 5.54 Å². The van der Waals surface area contributed by atoms with Crippen LogP contribution in [0.3, 0.4) is 0 Å². The van der Waals surface area contributed by atoms with Gasteiger partial charge < -0.3 is 10.5 Å². The third kappa shape index (κ3) is 4.34. The number of likely N-dealkylation sites (tertiary alicyclic amines) is 1. The van der Waals surface area contributed by atoms with E-state index in [1.165, 1.54) is 7.11 Å². The number of piperidine rings is 1. The highest BCUT2D eigenvalue weighted by molar-refractivity contribution is 5.79. The number of ether oxygens (including phenoxy) is 1. The average molecular weight is 296 g/mol. The van der Waals surface area contributed by atoms with Gasteiger partial charge in [-0.2, -0.15) is 13.2 Å². The Balaban J connectivity index is 2.63. The van der Waals surface area contributed by atoms with Crippen molar-refractivity contribution in [1.82, 2.24) is 4.90 Å². The van der Waals surface area contributed by atoms with Gasteiger partial charge in [0.2, 0.25) is 0 Å². The zero-order chi connectivity index (χ0) is 15.6. The molecule has 1 rings (SSSR count). The number of hydrogen-bond donors (Lipinski definition) is 1. The standard InChI is InChI=1S/C13H23F3N2O2/c1-9(7-12(2,17)11(19)20-3)18-6-4-5-10(8-18)13(14,15)16/h9-10H,4-8,17H2,1-3H3. The van der Waals surface area contributed by atoms with Crippen LogP contribution >= 0.6 is 0 Å². The van der Waals surface area contributed by atoms with Gasteiger partial charge in [-0.15, -0.1) is 0 Å². The molecule has 4 nitrogen and oxygen atoms in total. The van der Waals surface area contributed by atoms with Crippen molar-refractivity contribution >= 4 is 5.97 Å². The van der Waals surface area contributed by atoms with E-state index in [-0.39, 0.29) is 25.4 Å². The van der Waals surface area contributed by atoms with Gasteiger partial charge in [-0.05, 0) is 39.7 Å². The second-order valence-electron chi connectivity index (χ2n) is 5.84. The van der Waals surface area contributed by atoms with E-state index < -0.39 is 23.6 Å². The molecule has 1 heterocycles. The Bertz CT molecular complexity index is 345. The third-order valence-electron chi connectivity index (χ3n) is 3.91. The van der Waals surface area contributed by atoms with Crippen LogP contribution in [0.1, 0.15) is 33.1 Å². The quantitative estimate of drug-likeness (QED) is 0.805. The molecular weight excluding hydrogens is 273 g/mol. The largest absolute Gasteiger partial charge is 0.468 e. The molecule has 3 atom stereocenters. The van der Waals surface area contributed by atoms with E-state index in [0.717, 1.165) is 0 Å². The highest BCUT2D eigenvalue weighted by atomic mass is 19.4. The summed E-state index contributed by atoms with van der Waals surface area (Å²) in [7, 11) is 1.25. The summed E-state index contributed by atoms with van der Waals surface area (Å²) in [5.74, 6) is -1.84. The lowest BCUT2D eigenvalue weighted by Gasteiger charge is -2.39. The Hall–Kier alpha value is -0.820.